The molecule has 0 unspecified atom stereocenters. The van der Waals surface area contributed by atoms with E-state index in [-0.39, 0.29) is 35.7 Å². The molecule has 3 aromatic rings. The first-order valence-electron chi connectivity index (χ1n) is 18.4. The summed E-state index contributed by atoms with van der Waals surface area (Å²) in [7, 11) is 2.59. The van der Waals surface area contributed by atoms with E-state index in [9.17, 15) is 19.2 Å². The molecule has 0 spiro atoms. The summed E-state index contributed by atoms with van der Waals surface area (Å²) in [6.45, 7) is 8.83. The van der Waals surface area contributed by atoms with Crippen LogP contribution in [-0.2, 0) is 25.5 Å². The Hall–Kier alpha value is -4.92. The van der Waals surface area contributed by atoms with Crippen molar-refractivity contribution in [3.05, 3.63) is 57.2 Å². The van der Waals surface area contributed by atoms with Crippen LogP contribution in [0.15, 0.2) is 30.0 Å². The number of nitrogens with zero attached hydrogens (tertiary/aromatic N) is 4. The lowest BCUT2D eigenvalue weighted by atomic mass is 10.0. The minimum absolute atomic E-state index is 0.0968. The zero-order chi connectivity index (χ0) is 37.8. The van der Waals surface area contributed by atoms with Crippen molar-refractivity contribution in [3.63, 3.8) is 0 Å². The maximum Gasteiger partial charge on any atom is 0.407 e. The van der Waals surface area contributed by atoms with E-state index in [4.69, 9.17) is 14.5 Å². The number of likely N-dealkylation sites (tertiary alicyclic amines) is 2. The van der Waals surface area contributed by atoms with Gasteiger partial charge in [0.15, 0.2) is 0 Å². The van der Waals surface area contributed by atoms with E-state index >= 15 is 0 Å². The lowest BCUT2D eigenvalue weighted by Crippen LogP contribution is -2.51. The van der Waals surface area contributed by atoms with Crippen LogP contribution in [0.2, 0.25) is 0 Å². The van der Waals surface area contributed by atoms with Crippen LogP contribution < -0.4 is 21.3 Å². The van der Waals surface area contributed by atoms with Gasteiger partial charge in [-0.2, -0.15) is 0 Å². The lowest BCUT2D eigenvalue weighted by molar-refractivity contribution is -0.136. The number of alkyl carbamates (subject to hydrolysis) is 2. The van der Waals surface area contributed by atoms with Gasteiger partial charge in [0.2, 0.25) is 11.8 Å². The minimum Gasteiger partial charge on any atom is -0.453 e. The molecule has 14 nitrogen and oxygen atoms in total. The Kier molecular flexibility index (Phi) is 11.7. The first-order chi connectivity index (χ1) is 25.5. The molecular weight excluding hydrogens is 697 g/mol. The summed E-state index contributed by atoms with van der Waals surface area (Å²) in [5.41, 5.74) is 2.09. The number of thiophene rings is 1. The van der Waals surface area contributed by atoms with Gasteiger partial charge in [-0.3, -0.25) is 9.59 Å². The van der Waals surface area contributed by atoms with Crippen LogP contribution in [0.25, 0.3) is 22.7 Å². The van der Waals surface area contributed by atoms with E-state index in [1.165, 1.54) is 24.7 Å². The monoisotopic (exact) mass is 746 g/mol. The van der Waals surface area contributed by atoms with Crippen molar-refractivity contribution < 1.29 is 28.7 Å². The second-order valence-electron chi connectivity index (χ2n) is 14.5. The number of fused-ring (bicyclic) bond motifs is 1. The second kappa shape index (κ2) is 16.4. The molecule has 15 heteroatoms. The number of nitrogens with one attached hydrogen (secondary N) is 4. The Morgan fingerprint density at radius 2 is 1.51 bits per heavy atom. The number of aromatic amines is 2. The largest absolute Gasteiger partial charge is 0.453 e. The molecule has 2 saturated heterocycles. The number of rotatable bonds is 11. The molecule has 1 aliphatic carbocycles. The number of imidazole rings is 2. The zero-order valence-corrected chi connectivity index (χ0v) is 32.0. The highest BCUT2D eigenvalue weighted by molar-refractivity contribution is 7.15. The molecule has 4 amide bonds. The van der Waals surface area contributed by atoms with Crippen molar-refractivity contribution in [2.75, 3.05) is 27.3 Å². The number of methoxy groups -OCH3 is 2. The predicted octanol–water partition coefficient (Wildman–Crippen LogP) is 4.08. The van der Waals surface area contributed by atoms with Crippen LogP contribution in [0.3, 0.4) is 0 Å². The third-order valence-electron chi connectivity index (χ3n) is 10.2. The molecule has 284 valence electrons. The smallest absolute Gasteiger partial charge is 0.407 e. The normalized spacial score (nSPS) is 20.2. The van der Waals surface area contributed by atoms with Gasteiger partial charge in [-0.1, -0.05) is 39.8 Å². The summed E-state index contributed by atoms with van der Waals surface area (Å²) in [6.07, 6.45) is 11.9. The summed E-state index contributed by atoms with van der Waals surface area (Å²) in [4.78, 5) is 73.4. The predicted molar refractivity (Wildman–Crippen MR) is 201 cm³/mol. The van der Waals surface area contributed by atoms with Crippen molar-refractivity contribution >= 4 is 47.5 Å². The van der Waals surface area contributed by atoms with E-state index in [0.29, 0.717) is 13.1 Å². The number of H-pyrrole nitrogens is 2. The third-order valence-corrected chi connectivity index (χ3v) is 11.4. The van der Waals surface area contributed by atoms with Gasteiger partial charge in [0.05, 0.1) is 53.8 Å². The molecule has 53 heavy (non-hydrogen) atoms. The van der Waals surface area contributed by atoms with Gasteiger partial charge in [-0.15, -0.1) is 11.3 Å². The Balaban J connectivity index is 1.11. The number of carbonyl (C=O) groups is 4. The Morgan fingerprint density at radius 3 is 2.09 bits per heavy atom. The van der Waals surface area contributed by atoms with E-state index in [1.807, 2.05) is 43.7 Å². The van der Waals surface area contributed by atoms with Gasteiger partial charge in [-0.25, -0.2) is 19.6 Å². The molecule has 2 fully saturated rings. The fraction of sp³-hybridized carbons (Fsp3) is 0.526. The van der Waals surface area contributed by atoms with E-state index in [2.05, 4.69) is 55.9 Å². The Morgan fingerprint density at radius 1 is 0.906 bits per heavy atom. The molecule has 3 aromatic heterocycles. The van der Waals surface area contributed by atoms with Crippen molar-refractivity contribution in [1.29, 1.82) is 0 Å². The molecule has 6 rings (SSSR count). The average Bonchev–Trinajstić information content (AvgIpc) is 3.98. The summed E-state index contributed by atoms with van der Waals surface area (Å²) in [6, 6.07) is 2.49. The second-order valence-corrected chi connectivity index (χ2v) is 15.7. The molecule has 4 N–H and O–H groups in total. The number of amides is 4. The molecule has 0 radical (unpaired) electrons. The number of aromatic nitrogens is 4. The summed E-state index contributed by atoms with van der Waals surface area (Å²) in [5.74, 6) is 1.05. The van der Waals surface area contributed by atoms with Crippen molar-refractivity contribution in [2.45, 2.75) is 90.4 Å². The first-order valence-corrected chi connectivity index (χ1v) is 19.2. The van der Waals surface area contributed by atoms with Crippen LogP contribution in [-0.4, -0.2) is 93.1 Å². The van der Waals surface area contributed by atoms with Crippen LogP contribution in [0.1, 0.15) is 88.4 Å². The highest BCUT2D eigenvalue weighted by atomic mass is 32.1. The first kappa shape index (κ1) is 37.8. The molecule has 0 saturated carbocycles. The van der Waals surface area contributed by atoms with E-state index < -0.39 is 24.3 Å². The fourth-order valence-corrected chi connectivity index (χ4v) is 8.26. The highest BCUT2D eigenvalue weighted by Gasteiger charge is 2.39. The standard InChI is InChI=1S/C38H50N8O6S/c1-21(2)31(43-37(49)51-5)35(47)45-17-7-9-28(45)33-39-20-27(42-33)30-16-14-24(53-30)13-11-23-12-15-25-26(19-23)41-34(40-25)29-10-8-18-46(29)36(48)32(22(3)4)44-38(50)52-6/h11,14-16,19-22,28-29,31-32H,7-10,12-13,17-18H2,1-6H3,(H,39,42)(H,40,41)(H,43,49)(H,44,50)/t28-,29-,31-,32-/m0/s1. The maximum atomic E-state index is 13.6. The number of carbonyl (C=O) groups excluding carboxylic acids is 4. The number of hydrogen-bond acceptors (Lipinski definition) is 9. The molecule has 2 aliphatic heterocycles. The minimum atomic E-state index is -0.679. The SMILES string of the molecule is COC(=O)N[C@H](C(=O)N1CCC[C@H]1c1ncc(-c2ccc(CC=C3C=c4[nH]c([C@@H]5CCCN5C(=O)[C@@H](NC(=O)OC)C(C)C)nc4=CC3)s2)[nH]1)C(C)C. The molecule has 0 bridgehead atoms. The lowest BCUT2D eigenvalue weighted by Gasteiger charge is -2.30. The topological polar surface area (TPSA) is 175 Å². The molecule has 0 aromatic carbocycles. The van der Waals surface area contributed by atoms with Crippen LogP contribution in [0, 0.1) is 11.8 Å². The van der Waals surface area contributed by atoms with Crippen LogP contribution in [0.4, 0.5) is 9.59 Å². The zero-order valence-electron chi connectivity index (χ0n) is 31.2. The van der Waals surface area contributed by atoms with E-state index in [1.54, 1.807) is 11.3 Å². The summed E-state index contributed by atoms with van der Waals surface area (Å²) < 4.78 is 9.52. The van der Waals surface area contributed by atoms with Crippen LogP contribution >= 0.6 is 11.3 Å². The maximum absolute atomic E-state index is 13.6. The molecular formula is C38H50N8O6S. The third kappa shape index (κ3) is 8.34. The average molecular weight is 747 g/mol. The Labute approximate surface area is 313 Å². The van der Waals surface area contributed by atoms with Gasteiger partial charge in [-0.05, 0) is 67.7 Å². The quantitative estimate of drug-likeness (QED) is 0.227. The summed E-state index contributed by atoms with van der Waals surface area (Å²) in [5, 5.41) is 7.22. The van der Waals surface area contributed by atoms with Gasteiger partial charge in [0.1, 0.15) is 23.7 Å². The van der Waals surface area contributed by atoms with Gasteiger partial charge in [0.25, 0.3) is 0 Å². The number of ether oxygens (including phenoxy) is 2. The van der Waals surface area contributed by atoms with Gasteiger partial charge < -0.3 is 39.9 Å². The number of allylic oxidation sites excluding steroid dienone is 2. The van der Waals surface area contributed by atoms with Crippen molar-refractivity contribution in [3.8, 4) is 10.6 Å². The molecule has 5 heterocycles. The van der Waals surface area contributed by atoms with Crippen molar-refractivity contribution in [2.24, 2.45) is 11.8 Å². The van der Waals surface area contributed by atoms with Crippen molar-refractivity contribution in [1.82, 2.24) is 40.4 Å². The van der Waals surface area contributed by atoms with Crippen LogP contribution in [0.5, 0.6) is 0 Å². The van der Waals surface area contributed by atoms with E-state index in [0.717, 1.165) is 71.4 Å². The van der Waals surface area contributed by atoms with Gasteiger partial charge in [0, 0.05) is 24.4 Å². The van der Waals surface area contributed by atoms with Gasteiger partial charge >= 0.3 is 12.2 Å². The number of hydrogen-bond donors (Lipinski definition) is 4. The molecule has 3 aliphatic rings. The summed E-state index contributed by atoms with van der Waals surface area (Å²) >= 11 is 1.70. The molecule has 4 atom stereocenters. The Bertz CT molecular complexity index is 1980. The fourth-order valence-electron chi connectivity index (χ4n) is 7.33. The highest BCUT2D eigenvalue weighted by Crippen LogP contribution is 2.35.